The summed E-state index contributed by atoms with van der Waals surface area (Å²) in [6.45, 7) is 3.63. The zero-order valence-electron chi connectivity index (χ0n) is 16.2. The van der Waals surface area contributed by atoms with Gasteiger partial charge in [-0.1, -0.05) is 24.3 Å². The lowest BCUT2D eigenvalue weighted by molar-refractivity contribution is -0.384. The van der Waals surface area contributed by atoms with Crippen molar-refractivity contribution >= 4 is 28.4 Å². The van der Waals surface area contributed by atoms with Crippen LogP contribution in [0.4, 0.5) is 28.4 Å². The van der Waals surface area contributed by atoms with Gasteiger partial charge in [-0.25, -0.2) is 0 Å². The van der Waals surface area contributed by atoms with E-state index >= 15 is 0 Å². The summed E-state index contributed by atoms with van der Waals surface area (Å²) >= 11 is 0. The highest BCUT2D eigenvalue weighted by Gasteiger charge is 2.14. The molecule has 0 saturated heterocycles. The molecule has 0 radical (unpaired) electrons. The number of methoxy groups -OCH3 is 1. The van der Waals surface area contributed by atoms with Crippen molar-refractivity contribution in [1.29, 1.82) is 0 Å². The number of hydrogen-bond donors (Lipinski definition) is 0. The topological polar surface area (TPSA) is 102 Å². The Morgan fingerprint density at radius 1 is 0.828 bits per heavy atom. The number of benzene rings is 3. The SMILES string of the molecule is COc1cc(/N=N/c2ccc(C)cc2[N+](=O)[O-])c(C)cc1/N=N/c1ccccc1. The van der Waals surface area contributed by atoms with Crippen molar-refractivity contribution in [2.75, 3.05) is 7.11 Å². The lowest BCUT2D eigenvalue weighted by Gasteiger charge is -2.07. The average molecular weight is 389 g/mol. The Hall–Kier alpha value is -3.94. The van der Waals surface area contributed by atoms with Gasteiger partial charge in [0, 0.05) is 12.1 Å². The van der Waals surface area contributed by atoms with Gasteiger partial charge in [-0.3, -0.25) is 10.1 Å². The molecule has 3 aromatic carbocycles. The third kappa shape index (κ3) is 4.86. The maximum atomic E-state index is 11.2. The molecule has 0 atom stereocenters. The van der Waals surface area contributed by atoms with E-state index in [2.05, 4.69) is 20.5 Å². The molecule has 3 rings (SSSR count). The number of hydrogen-bond acceptors (Lipinski definition) is 7. The first-order valence-electron chi connectivity index (χ1n) is 8.80. The molecule has 0 aromatic heterocycles. The first-order chi connectivity index (χ1) is 14.0. The predicted octanol–water partition coefficient (Wildman–Crippen LogP) is 7.05. The lowest BCUT2D eigenvalue weighted by Crippen LogP contribution is -1.89. The van der Waals surface area contributed by atoms with Gasteiger partial charge in [0.05, 0.1) is 23.4 Å². The fourth-order valence-corrected chi connectivity index (χ4v) is 2.59. The van der Waals surface area contributed by atoms with E-state index in [4.69, 9.17) is 4.74 Å². The molecular formula is C21H19N5O3. The van der Waals surface area contributed by atoms with Crippen molar-refractivity contribution < 1.29 is 9.66 Å². The number of rotatable bonds is 6. The van der Waals surface area contributed by atoms with Gasteiger partial charge in [-0.15, -0.1) is 15.3 Å². The van der Waals surface area contributed by atoms with E-state index in [-0.39, 0.29) is 11.4 Å². The van der Waals surface area contributed by atoms with E-state index in [1.165, 1.54) is 13.2 Å². The summed E-state index contributed by atoms with van der Waals surface area (Å²) in [5.74, 6) is 0.475. The van der Waals surface area contributed by atoms with Crippen LogP contribution >= 0.6 is 0 Å². The van der Waals surface area contributed by atoms with Gasteiger partial charge >= 0.3 is 0 Å². The molecular weight excluding hydrogens is 370 g/mol. The quantitative estimate of drug-likeness (QED) is 0.256. The van der Waals surface area contributed by atoms with Crippen LogP contribution in [0.25, 0.3) is 0 Å². The van der Waals surface area contributed by atoms with E-state index in [0.29, 0.717) is 17.1 Å². The fourth-order valence-electron chi connectivity index (χ4n) is 2.59. The monoisotopic (exact) mass is 389 g/mol. The first kappa shape index (κ1) is 19.8. The van der Waals surface area contributed by atoms with Gasteiger partial charge in [0.1, 0.15) is 11.4 Å². The molecule has 0 unspecified atom stereocenters. The second-order valence-corrected chi connectivity index (χ2v) is 6.30. The summed E-state index contributed by atoms with van der Waals surface area (Å²) in [5, 5.41) is 28.0. The maximum Gasteiger partial charge on any atom is 0.296 e. The molecule has 8 heteroatoms. The molecule has 146 valence electrons. The van der Waals surface area contributed by atoms with Crippen LogP contribution in [0.1, 0.15) is 11.1 Å². The molecule has 0 spiro atoms. The van der Waals surface area contributed by atoms with Crippen molar-refractivity contribution in [2.24, 2.45) is 20.5 Å². The summed E-state index contributed by atoms with van der Waals surface area (Å²) in [6, 6.07) is 17.6. The van der Waals surface area contributed by atoms with Gasteiger partial charge < -0.3 is 4.74 Å². The molecule has 0 fully saturated rings. The van der Waals surface area contributed by atoms with Gasteiger partial charge in [0.15, 0.2) is 5.69 Å². The minimum absolute atomic E-state index is 0.0911. The number of aryl methyl sites for hydroxylation is 2. The van der Waals surface area contributed by atoms with Crippen molar-refractivity contribution in [2.45, 2.75) is 13.8 Å². The zero-order valence-corrected chi connectivity index (χ0v) is 16.2. The van der Waals surface area contributed by atoms with E-state index in [0.717, 1.165) is 16.8 Å². The van der Waals surface area contributed by atoms with Crippen LogP contribution in [0.3, 0.4) is 0 Å². The average Bonchev–Trinajstić information content (AvgIpc) is 2.72. The Morgan fingerprint density at radius 3 is 2.21 bits per heavy atom. The summed E-state index contributed by atoms with van der Waals surface area (Å²) in [7, 11) is 1.53. The molecule has 8 nitrogen and oxygen atoms in total. The Bertz CT molecular complexity index is 1090. The van der Waals surface area contributed by atoms with E-state index in [1.807, 2.05) is 37.3 Å². The minimum Gasteiger partial charge on any atom is -0.494 e. The standard InChI is InChI=1S/C21H19N5O3/c1-14-9-10-17(20(11-14)26(27)28)23-24-18-13-21(29-3)19(12-15(18)2)25-22-16-7-5-4-6-8-16/h4-13H,1-3H3/b24-23+,25-22+. The third-order valence-corrected chi connectivity index (χ3v) is 4.12. The van der Waals surface area contributed by atoms with Crippen LogP contribution in [0, 0.1) is 24.0 Å². The lowest BCUT2D eigenvalue weighted by atomic mass is 10.1. The van der Waals surface area contributed by atoms with Gasteiger partial charge in [-0.2, -0.15) is 5.11 Å². The van der Waals surface area contributed by atoms with Gasteiger partial charge in [0.25, 0.3) is 5.69 Å². The number of azo groups is 2. The van der Waals surface area contributed by atoms with E-state index in [1.54, 1.807) is 31.2 Å². The van der Waals surface area contributed by atoms with Crippen LogP contribution in [-0.2, 0) is 0 Å². The zero-order chi connectivity index (χ0) is 20.8. The van der Waals surface area contributed by atoms with Gasteiger partial charge in [-0.05, 0) is 49.2 Å². The molecule has 0 aliphatic heterocycles. The van der Waals surface area contributed by atoms with E-state index in [9.17, 15) is 10.1 Å². The van der Waals surface area contributed by atoms with Crippen LogP contribution in [0.5, 0.6) is 5.75 Å². The van der Waals surface area contributed by atoms with Crippen LogP contribution in [0.15, 0.2) is 81.1 Å². The molecule has 3 aromatic rings. The molecule has 29 heavy (non-hydrogen) atoms. The Kier molecular flexibility index (Phi) is 6.03. The largest absolute Gasteiger partial charge is 0.494 e. The Labute approximate surface area is 167 Å². The molecule has 0 saturated carbocycles. The van der Waals surface area contributed by atoms with Crippen LogP contribution in [0.2, 0.25) is 0 Å². The fraction of sp³-hybridized carbons (Fsp3) is 0.143. The first-order valence-corrected chi connectivity index (χ1v) is 8.80. The molecule has 0 N–H and O–H groups in total. The molecule has 0 heterocycles. The minimum atomic E-state index is -0.470. The maximum absolute atomic E-state index is 11.2. The van der Waals surface area contributed by atoms with E-state index < -0.39 is 4.92 Å². The highest BCUT2D eigenvalue weighted by Crippen LogP contribution is 2.37. The normalized spacial score (nSPS) is 11.3. The highest BCUT2D eigenvalue weighted by atomic mass is 16.6. The van der Waals surface area contributed by atoms with Crippen LogP contribution < -0.4 is 4.74 Å². The molecule has 0 aliphatic rings. The van der Waals surface area contributed by atoms with Crippen molar-refractivity contribution in [3.63, 3.8) is 0 Å². The van der Waals surface area contributed by atoms with Crippen molar-refractivity contribution in [3.05, 3.63) is 81.9 Å². The van der Waals surface area contributed by atoms with Crippen molar-refractivity contribution in [3.8, 4) is 5.75 Å². The van der Waals surface area contributed by atoms with Crippen LogP contribution in [-0.4, -0.2) is 12.0 Å². The number of nitro groups is 1. The smallest absolute Gasteiger partial charge is 0.296 e. The summed E-state index contributed by atoms with van der Waals surface area (Å²) in [6.07, 6.45) is 0. The third-order valence-electron chi connectivity index (χ3n) is 4.12. The second-order valence-electron chi connectivity index (χ2n) is 6.30. The second kappa shape index (κ2) is 8.83. The number of ether oxygens (including phenoxy) is 1. The van der Waals surface area contributed by atoms with Crippen molar-refractivity contribution in [1.82, 2.24) is 0 Å². The highest BCUT2D eigenvalue weighted by molar-refractivity contribution is 5.64. The molecule has 0 bridgehead atoms. The predicted molar refractivity (Wildman–Crippen MR) is 110 cm³/mol. The summed E-state index contributed by atoms with van der Waals surface area (Å²) < 4.78 is 5.40. The molecule has 0 aliphatic carbocycles. The molecule has 0 amide bonds. The Balaban J connectivity index is 1.93. The number of nitrogens with zero attached hydrogens (tertiary/aromatic N) is 5. The number of nitro benzene ring substituents is 1. The van der Waals surface area contributed by atoms with Gasteiger partial charge in [0.2, 0.25) is 0 Å². The summed E-state index contributed by atoms with van der Waals surface area (Å²) in [5.41, 5.74) is 3.46. The Morgan fingerprint density at radius 2 is 1.52 bits per heavy atom. The summed E-state index contributed by atoms with van der Waals surface area (Å²) in [4.78, 5) is 10.8.